The second-order valence-electron chi connectivity index (χ2n) is 4.97. The Kier molecular flexibility index (Phi) is 3.75. The van der Waals surface area contributed by atoms with Crippen molar-refractivity contribution in [1.29, 1.82) is 0 Å². The summed E-state index contributed by atoms with van der Waals surface area (Å²) in [7, 11) is 0. The number of hydrogen-bond donors (Lipinski definition) is 0. The number of alkyl halides is 1. The second kappa shape index (κ2) is 5.09. The molecule has 0 radical (unpaired) electrons. The Morgan fingerprint density at radius 1 is 1.31 bits per heavy atom. The number of benzene rings is 1. The third-order valence-corrected chi connectivity index (χ3v) is 4.16. The molecule has 1 aromatic carbocycles. The monoisotopic (exact) mass is 238 g/mol. The quantitative estimate of drug-likeness (QED) is 0.678. The van der Waals surface area contributed by atoms with Gasteiger partial charge in [-0.3, -0.25) is 0 Å². The topological polar surface area (TPSA) is 9.23 Å². The molecule has 2 rings (SSSR count). The summed E-state index contributed by atoms with van der Waals surface area (Å²) < 4.78 is 5.72. The average molecular weight is 239 g/mol. The molecule has 2 heteroatoms. The Morgan fingerprint density at radius 2 is 2.00 bits per heavy atom. The van der Waals surface area contributed by atoms with Gasteiger partial charge in [0.2, 0.25) is 0 Å². The van der Waals surface area contributed by atoms with Crippen LogP contribution in [0.15, 0.2) is 30.3 Å². The fraction of sp³-hybridized carbons (Fsp3) is 0.571. The Bertz CT molecular complexity index is 321. The van der Waals surface area contributed by atoms with Crippen molar-refractivity contribution in [2.24, 2.45) is 11.3 Å². The van der Waals surface area contributed by atoms with Crippen molar-refractivity contribution in [3.63, 3.8) is 0 Å². The molecular formula is C14H19ClO. The smallest absolute Gasteiger partial charge is 0.119 e. The standard InChI is InChI=1S/C14H19ClO/c1-14(11-15,12-7-8-12)9-10-16-13-5-3-2-4-6-13/h2-6,12H,7-11H2,1H3. The summed E-state index contributed by atoms with van der Waals surface area (Å²) >= 11 is 6.07. The normalized spacial score (nSPS) is 19.1. The first-order valence-electron chi connectivity index (χ1n) is 5.98. The third kappa shape index (κ3) is 2.91. The second-order valence-corrected chi connectivity index (χ2v) is 5.24. The van der Waals surface area contributed by atoms with Crippen LogP contribution in [0, 0.1) is 11.3 Å². The van der Waals surface area contributed by atoms with Crippen LogP contribution in [-0.4, -0.2) is 12.5 Å². The van der Waals surface area contributed by atoms with Crippen LogP contribution in [-0.2, 0) is 0 Å². The first-order chi connectivity index (χ1) is 7.74. The molecule has 16 heavy (non-hydrogen) atoms. The van der Waals surface area contributed by atoms with E-state index in [0.29, 0.717) is 0 Å². The maximum atomic E-state index is 6.07. The maximum absolute atomic E-state index is 6.07. The first-order valence-corrected chi connectivity index (χ1v) is 6.52. The molecule has 1 aliphatic rings. The van der Waals surface area contributed by atoms with E-state index in [2.05, 4.69) is 6.92 Å². The zero-order chi connectivity index (χ0) is 11.4. The van der Waals surface area contributed by atoms with Crippen LogP contribution in [0.1, 0.15) is 26.2 Å². The zero-order valence-corrected chi connectivity index (χ0v) is 10.5. The number of ether oxygens (including phenoxy) is 1. The Balaban J connectivity index is 1.79. The van der Waals surface area contributed by atoms with Gasteiger partial charge < -0.3 is 4.74 Å². The molecule has 1 aliphatic carbocycles. The van der Waals surface area contributed by atoms with Crippen molar-refractivity contribution in [2.75, 3.05) is 12.5 Å². The van der Waals surface area contributed by atoms with E-state index >= 15 is 0 Å². The van der Waals surface area contributed by atoms with E-state index in [1.165, 1.54) is 12.8 Å². The molecule has 0 saturated heterocycles. The van der Waals surface area contributed by atoms with Gasteiger partial charge in [0.1, 0.15) is 5.75 Å². The lowest BCUT2D eigenvalue weighted by atomic mass is 9.84. The molecule has 1 nitrogen and oxygen atoms in total. The lowest BCUT2D eigenvalue weighted by molar-refractivity contribution is 0.208. The molecule has 1 atom stereocenters. The van der Waals surface area contributed by atoms with Gasteiger partial charge in [-0.2, -0.15) is 0 Å². The molecule has 0 amide bonds. The van der Waals surface area contributed by atoms with Gasteiger partial charge in [-0.15, -0.1) is 11.6 Å². The summed E-state index contributed by atoms with van der Waals surface area (Å²) in [4.78, 5) is 0. The Hall–Kier alpha value is -0.690. The van der Waals surface area contributed by atoms with Crippen molar-refractivity contribution in [3.8, 4) is 5.75 Å². The van der Waals surface area contributed by atoms with Crippen molar-refractivity contribution in [3.05, 3.63) is 30.3 Å². The van der Waals surface area contributed by atoms with E-state index in [4.69, 9.17) is 16.3 Å². The Morgan fingerprint density at radius 3 is 2.56 bits per heavy atom. The van der Waals surface area contributed by atoms with Gasteiger partial charge >= 0.3 is 0 Å². The van der Waals surface area contributed by atoms with Crippen LogP contribution in [0.2, 0.25) is 0 Å². The molecule has 88 valence electrons. The van der Waals surface area contributed by atoms with Gasteiger partial charge in [-0.1, -0.05) is 25.1 Å². The molecule has 0 aliphatic heterocycles. The molecule has 1 unspecified atom stereocenters. The summed E-state index contributed by atoms with van der Waals surface area (Å²) in [6, 6.07) is 9.98. The lowest BCUT2D eigenvalue weighted by Gasteiger charge is -2.26. The highest BCUT2D eigenvalue weighted by Gasteiger charge is 2.40. The maximum Gasteiger partial charge on any atom is 0.119 e. The summed E-state index contributed by atoms with van der Waals surface area (Å²) in [5.74, 6) is 2.52. The average Bonchev–Trinajstić information content (AvgIpc) is 3.14. The number of hydrogen-bond acceptors (Lipinski definition) is 1. The molecule has 0 heterocycles. The zero-order valence-electron chi connectivity index (χ0n) is 9.79. The van der Waals surface area contributed by atoms with Gasteiger partial charge in [-0.25, -0.2) is 0 Å². The molecule has 0 spiro atoms. The molecule has 0 N–H and O–H groups in total. The SMILES string of the molecule is CC(CCl)(CCOc1ccccc1)C1CC1. The number of para-hydroxylation sites is 1. The van der Waals surface area contributed by atoms with Crippen molar-refractivity contribution < 1.29 is 4.74 Å². The van der Waals surface area contributed by atoms with Gasteiger partial charge in [0.05, 0.1) is 6.61 Å². The summed E-state index contributed by atoms with van der Waals surface area (Å²) in [6.07, 6.45) is 3.74. The summed E-state index contributed by atoms with van der Waals surface area (Å²) in [5.41, 5.74) is 0.274. The predicted molar refractivity (Wildman–Crippen MR) is 68.1 cm³/mol. The highest BCUT2D eigenvalue weighted by atomic mass is 35.5. The lowest BCUT2D eigenvalue weighted by Crippen LogP contribution is -2.24. The van der Waals surface area contributed by atoms with E-state index in [1.54, 1.807) is 0 Å². The van der Waals surface area contributed by atoms with E-state index in [1.807, 2.05) is 30.3 Å². The van der Waals surface area contributed by atoms with Crippen LogP contribution in [0.25, 0.3) is 0 Å². The molecule has 1 fully saturated rings. The number of halogens is 1. The molecule has 0 bridgehead atoms. The van der Waals surface area contributed by atoms with E-state index in [9.17, 15) is 0 Å². The van der Waals surface area contributed by atoms with Crippen LogP contribution in [0.5, 0.6) is 5.75 Å². The van der Waals surface area contributed by atoms with E-state index in [0.717, 1.165) is 30.6 Å². The van der Waals surface area contributed by atoms with Crippen molar-refractivity contribution >= 4 is 11.6 Å². The molecule has 1 aromatic rings. The van der Waals surface area contributed by atoms with E-state index in [-0.39, 0.29) is 5.41 Å². The highest BCUT2D eigenvalue weighted by Crippen LogP contribution is 2.48. The van der Waals surface area contributed by atoms with E-state index < -0.39 is 0 Å². The van der Waals surface area contributed by atoms with Crippen LogP contribution in [0.3, 0.4) is 0 Å². The summed E-state index contributed by atoms with van der Waals surface area (Å²) in [5, 5.41) is 0. The van der Waals surface area contributed by atoms with Crippen molar-refractivity contribution in [1.82, 2.24) is 0 Å². The largest absolute Gasteiger partial charge is 0.494 e. The van der Waals surface area contributed by atoms with Gasteiger partial charge in [0.25, 0.3) is 0 Å². The minimum atomic E-state index is 0.274. The fourth-order valence-corrected chi connectivity index (χ4v) is 2.43. The van der Waals surface area contributed by atoms with Gasteiger partial charge in [-0.05, 0) is 42.7 Å². The van der Waals surface area contributed by atoms with Crippen LogP contribution in [0.4, 0.5) is 0 Å². The van der Waals surface area contributed by atoms with Crippen LogP contribution < -0.4 is 4.74 Å². The highest BCUT2D eigenvalue weighted by molar-refractivity contribution is 6.18. The minimum absolute atomic E-state index is 0.274. The van der Waals surface area contributed by atoms with Crippen LogP contribution >= 0.6 is 11.6 Å². The van der Waals surface area contributed by atoms with Gasteiger partial charge in [0.15, 0.2) is 0 Å². The first kappa shape index (κ1) is 11.8. The predicted octanol–water partition coefficient (Wildman–Crippen LogP) is 4.11. The molecule has 1 saturated carbocycles. The molecular weight excluding hydrogens is 220 g/mol. The number of rotatable bonds is 6. The fourth-order valence-electron chi connectivity index (χ4n) is 2.08. The van der Waals surface area contributed by atoms with Gasteiger partial charge in [0, 0.05) is 5.88 Å². The van der Waals surface area contributed by atoms with Crippen molar-refractivity contribution in [2.45, 2.75) is 26.2 Å². The third-order valence-electron chi connectivity index (χ3n) is 3.55. The summed E-state index contributed by atoms with van der Waals surface area (Å²) in [6.45, 7) is 3.05. The Labute approximate surface area is 103 Å². The minimum Gasteiger partial charge on any atom is -0.494 e. The molecule has 0 aromatic heterocycles.